The molecule has 0 aliphatic rings. The summed E-state index contributed by atoms with van der Waals surface area (Å²) in [6.07, 6.45) is 1.08. The van der Waals surface area contributed by atoms with Gasteiger partial charge in [-0.15, -0.1) is 16.2 Å². The van der Waals surface area contributed by atoms with Crippen LogP contribution in [0.25, 0.3) is 27.8 Å². The van der Waals surface area contributed by atoms with Gasteiger partial charge in [0.25, 0.3) is 0 Å². The van der Waals surface area contributed by atoms with E-state index in [0.717, 1.165) is 64.3 Å². The molecule has 5 aromatic rings. The Morgan fingerprint density at radius 3 is 2.20 bits per heavy atom. The van der Waals surface area contributed by atoms with Gasteiger partial charge in [0.05, 0.1) is 11.4 Å². The molecule has 0 aliphatic heterocycles. The number of hydrogen-bond donors (Lipinski definition) is 0. The fourth-order valence-corrected chi connectivity index (χ4v) is 4.50. The van der Waals surface area contributed by atoms with Crippen LogP contribution in [-0.4, -0.2) is 24.0 Å². The fourth-order valence-electron chi connectivity index (χ4n) is 4.30. The molecule has 5 nitrogen and oxygen atoms in total. The Morgan fingerprint density at radius 1 is 0.743 bits per heavy atom. The maximum absolute atomic E-state index is 5.97. The molecule has 0 saturated heterocycles. The molecule has 1 heterocycles. The quantitative estimate of drug-likeness (QED) is 0.0996. The Balaban J connectivity index is 1.51. The van der Waals surface area contributed by atoms with Crippen LogP contribution in [0.1, 0.15) is 13.3 Å². The van der Waals surface area contributed by atoms with Gasteiger partial charge in [-0.3, -0.25) is 0 Å². The van der Waals surface area contributed by atoms with E-state index in [1.165, 1.54) is 0 Å². The number of rotatable bonds is 8. The number of benzene rings is 4. The van der Waals surface area contributed by atoms with Crippen LogP contribution in [0, 0.1) is 0 Å². The lowest BCUT2D eigenvalue weighted by molar-refractivity contribution is -0.538. The van der Waals surface area contributed by atoms with Crippen molar-refractivity contribution in [2.45, 2.75) is 13.3 Å². The van der Waals surface area contributed by atoms with Crippen molar-refractivity contribution in [3.8, 4) is 5.69 Å². The molecule has 0 aliphatic carbocycles. The largest absolute Gasteiger partial charge is 0.370 e. The van der Waals surface area contributed by atoms with Crippen LogP contribution in [0.15, 0.2) is 107 Å². The summed E-state index contributed by atoms with van der Waals surface area (Å²) in [5, 5.41) is 9.03. The number of halogens is 1. The molecule has 0 fully saturated rings. The summed E-state index contributed by atoms with van der Waals surface area (Å²) < 4.78 is 2.23. The molecule has 4 aromatic carbocycles. The van der Waals surface area contributed by atoms with E-state index >= 15 is 0 Å². The third-order valence-corrected chi connectivity index (χ3v) is 6.09. The zero-order chi connectivity index (χ0) is 24.0. The Bertz CT molecular complexity index is 1460. The van der Waals surface area contributed by atoms with Gasteiger partial charge in [0.1, 0.15) is 11.0 Å². The topological polar surface area (TPSA) is 44.7 Å². The average Bonchev–Trinajstić information content (AvgIpc) is 2.91. The number of alkyl halides is 1. The van der Waals surface area contributed by atoms with E-state index in [1.54, 1.807) is 0 Å². The van der Waals surface area contributed by atoms with Crippen molar-refractivity contribution in [2.24, 2.45) is 10.2 Å². The molecular weight excluding hydrogens is 454 g/mol. The Labute approximate surface area is 210 Å². The zero-order valence-corrected chi connectivity index (χ0v) is 20.4. The predicted octanol–water partition coefficient (Wildman–Crippen LogP) is 7.54. The van der Waals surface area contributed by atoms with Crippen LogP contribution in [0.3, 0.4) is 0 Å². The molecule has 5 rings (SSSR count). The fraction of sp³-hybridized carbons (Fsp3) is 0.172. The third-order valence-electron chi connectivity index (χ3n) is 5.92. The van der Waals surface area contributed by atoms with E-state index < -0.39 is 0 Å². The van der Waals surface area contributed by atoms with E-state index in [2.05, 4.69) is 57.0 Å². The lowest BCUT2D eigenvalue weighted by Gasteiger charge is -2.23. The second-order valence-corrected chi connectivity index (χ2v) is 8.71. The molecule has 0 bridgehead atoms. The van der Waals surface area contributed by atoms with E-state index in [0.29, 0.717) is 5.88 Å². The first-order valence-corrected chi connectivity index (χ1v) is 12.4. The second kappa shape index (κ2) is 10.6. The molecule has 0 amide bonds. The van der Waals surface area contributed by atoms with Gasteiger partial charge in [-0.05, 0) is 48.9 Å². The van der Waals surface area contributed by atoms with Gasteiger partial charge in [-0.25, -0.2) is 4.98 Å². The summed E-state index contributed by atoms with van der Waals surface area (Å²) in [5.74, 6) is 0.608. The first kappa shape index (κ1) is 22.9. The standard InChI is InChI=1S/C29H27ClN5/c1-2-19-34(20-18-30)24-15-12-22(13-16-24)32-33-23-14-17-27-29(21-23)35(25-8-4-3-5-9-25)28-11-7-6-10-26(28)31-27/h3-17,21H,2,18-20H2,1H3/q+1. The Hall–Kier alpha value is -3.83. The van der Waals surface area contributed by atoms with Crippen molar-refractivity contribution in [3.05, 3.63) is 97.1 Å². The Kier molecular flexibility index (Phi) is 6.96. The van der Waals surface area contributed by atoms with Crippen LogP contribution >= 0.6 is 11.6 Å². The Morgan fingerprint density at radius 2 is 1.43 bits per heavy atom. The second-order valence-electron chi connectivity index (χ2n) is 8.34. The summed E-state index contributed by atoms with van der Waals surface area (Å²) >= 11 is 5.97. The van der Waals surface area contributed by atoms with Crippen LogP contribution in [-0.2, 0) is 0 Å². The van der Waals surface area contributed by atoms with Crippen LogP contribution in [0.2, 0.25) is 0 Å². The highest BCUT2D eigenvalue weighted by atomic mass is 35.5. The van der Waals surface area contributed by atoms with E-state index in [-0.39, 0.29) is 0 Å². The lowest BCUT2D eigenvalue weighted by Crippen LogP contribution is -2.33. The first-order valence-electron chi connectivity index (χ1n) is 11.9. The molecule has 0 unspecified atom stereocenters. The third kappa shape index (κ3) is 5.00. The SMILES string of the molecule is CCCN(CCCl)c1ccc(/N=N/c2ccc3nc4ccccc4[n+](-c4ccccc4)c3c2)cc1. The number of hydrogen-bond acceptors (Lipinski definition) is 4. The molecule has 0 spiro atoms. The summed E-state index contributed by atoms with van der Waals surface area (Å²) in [6.45, 7) is 3.99. The van der Waals surface area contributed by atoms with Crippen LogP contribution < -0.4 is 9.47 Å². The summed E-state index contributed by atoms with van der Waals surface area (Å²) in [6, 6.07) is 32.7. The highest BCUT2D eigenvalue weighted by molar-refractivity contribution is 6.18. The van der Waals surface area contributed by atoms with Crippen molar-refractivity contribution in [3.63, 3.8) is 0 Å². The van der Waals surface area contributed by atoms with Gasteiger partial charge in [-0.2, -0.15) is 10.2 Å². The molecule has 1 aromatic heterocycles. The lowest BCUT2D eigenvalue weighted by atomic mass is 10.2. The van der Waals surface area contributed by atoms with Crippen molar-refractivity contribution >= 4 is 50.7 Å². The monoisotopic (exact) mass is 480 g/mol. The normalized spacial score (nSPS) is 11.5. The molecular formula is C29H27ClN5+. The molecule has 0 radical (unpaired) electrons. The minimum atomic E-state index is 0.608. The number of nitrogens with zero attached hydrogens (tertiary/aromatic N) is 5. The number of aromatic nitrogens is 2. The summed E-state index contributed by atoms with van der Waals surface area (Å²) in [5.41, 5.74) is 7.70. The van der Waals surface area contributed by atoms with Crippen molar-refractivity contribution in [2.75, 3.05) is 23.9 Å². The summed E-state index contributed by atoms with van der Waals surface area (Å²) in [4.78, 5) is 7.16. The van der Waals surface area contributed by atoms with Crippen LogP contribution in [0.4, 0.5) is 17.1 Å². The van der Waals surface area contributed by atoms with Gasteiger partial charge in [0.2, 0.25) is 16.7 Å². The molecule has 0 atom stereocenters. The first-order chi connectivity index (χ1) is 17.3. The molecule has 0 saturated carbocycles. The predicted molar refractivity (Wildman–Crippen MR) is 145 cm³/mol. The number of azo groups is 1. The van der Waals surface area contributed by atoms with E-state index in [4.69, 9.17) is 16.6 Å². The van der Waals surface area contributed by atoms with Crippen molar-refractivity contribution < 1.29 is 4.57 Å². The van der Waals surface area contributed by atoms with Crippen LogP contribution in [0.5, 0.6) is 0 Å². The molecule has 174 valence electrons. The number of para-hydroxylation sites is 3. The average molecular weight is 481 g/mol. The highest BCUT2D eigenvalue weighted by Crippen LogP contribution is 2.25. The van der Waals surface area contributed by atoms with E-state index in [1.807, 2.05) is 66.7 Å². The number of fused-ring (bicyclic) bond motifs is 2. The van der Waals surface area contributed by atoms with Crippen molar-refractivity contribution in [1.29, 1.82) is 0 Å². The smallest absolute Gasteiger partial charge is 0.239 e. The molecule has 0 N–H and O–H groups in total. The number of anilines is 1. The molecule has 35 heavy (non-hydrogen) atoms. The van der Waals surface area contributed by atoms with Gasteiger partial charge < -0.3 is 4.90 Å². The van der Waals surface area contributed by atoms with Gasteiger partial charge >= 0.3 is 0 Å². The minimum absolute atomic E-state index is 0.608. The van der Waals surface area contributed by atoms with Gasteiger partial charge in [0.15, 0.2) is 0 Å². The van der Waals surface area contributed by atoms with E-state index in [9.17, 15) is 0 Å². The maximum Gasteiger partial charge on any atom is 0.239 e. The molecule has 6 heteroatoms. The maximum atomic E-state index is 5.97. The zero-order valence-electron chi connectivity index (χ0n) is 19.7. The minimum Gasteiger partial charge on any atom is -0.370 e. The van der Waals surface area contributed by atoms with Gasteiger partial charge in [-0.1, -0.05) is 37.3 Å². The highest BCUT2D eigenvalue weighted by Gasteiger charge is 2.19. The van der Waals surface area contributed by atoms with Gasteiger partial charge in [0, 0.05) is 48.9 Å². The summed E-state index contributed by atoms with van der Waals surface area (Å²) in [7, 11) is 0. The van der Waals surface area contributed by atoms with Crippen molar-refractivity contribution in [1.82, 2.24) is 4.98 Å².